The van der Waals surface area contributed by atoms with Gasteiger partial charge in [0, 0.05) is 29.4 Å². The molecule has 0 fully saturated rings. The summed E-state index contributed by atoms with van der Waals surface area (Å²) in [5.74, 6) is 1.34. The molecule has 0 bridgehead atoms. The summed E-state index contributed by atoms with van der Waals surface area (Å²) in [6.45, 7) is 8.29. The molecule has 0 spiro atoms. The van der Waals surface area contributed by atoms with Crippen molar-refractivity contribution in [3.8, 4) is 11.8 Å². The Balaban J connectivity index is 1.80. The minimum atomic E-state index is 0.0244. The summed E-state index contributed by atoms with van der Waals surface area (Å²) < 4.78 is 5.73. The number of nitrogens with zero attached hydrogens (tertiary/aromatic N) is 2. The maximum Gasteiger partial charge on any atom is 0.137 e. The lowest BCUT2D eigenvalue weighted by Gasteiger charge is -2.16. The average molecular weight is 436 g/mol. The second-order valence-corrected chi connectivity index (χ2v) is 8.73. The highest BCUT2D eigenvalue weighted by Crippen LogP contribution is 2.40. The van der Waals surface area contributed by atoms with Crippen molar-refractivity contribution in [3.63, 3.8) is 0 Å². The molecule has 0 aliphatic heterocycles. The lowest BCUT2D eigenvalue weighted by Crippen LogP contribution is -2.22. The van der Waals surface area contributed by atoms with Crippen LogP contribution in [0.2, 0.25) is 0 Å². The Labute approximate surface area is 188 Å². The second kappa shape index (κ2) is 11.1. The van der Waals surface area contributed by atoms with E-state index in [0.717, 1.165) is 23.3 Å². The molecule has 0 heterocycles. The zero-order chi connectivity index (χ0) is 22.2. The number of hydrogen-bond donors (Lipinski definition) is 2. The van der Waals surface area contributed by atoms with Crippen molar-refractivity contribution in [3.05, 3.63) is 70.4 Å². The van der Waals surface area contributed by atoms with Gasteiger partial charge in [-0.15, -0.1) is 11.8 Å². The number of nitrogens with one attached hydrogen (secondary N) is 1. The van der Waals surface area contributed by atoms with E-state index in [1.165, 1.54) is 16.7 Å². The molecule has 0 amide bonds. The van der Waals surface area contributed by atoms with Crippen molar-refractivity contribution in [1.29, 1.82) is 5.26 Å². The number of fused-ring (bicyclic) bond motifs is 1. The van der Waals surface area contributed by atoms with E-state index >= 15 is 0 Å². The van der Waals surface area contributed by atoms with Crippen molar-refractivity contribution in [2.24, 2.45) is 4.99 Å². The number of hydrogen-bond acceptors (Lipinski definition) is 6. The highest BCUT2D eigenvalue weighted by Gasteiger charge is 2.25. The monoisotopic (exact) mass is 435 g/mol. The van der Waals surface area contributed by atoms with Gasteiger partial charge in [-0.25, -0.2) is 0 Å². The second-order valence-electron chi connectivity index (χ2n) is 7.72. The summed E-state index contributed by atoms with van der Waals surface area (Å²) in [5.41, 5.74) is 5.42. The zero-order valence-electron chi connectivity index (χ0n) is 18.1. The first-order valence-corrected chi connectivity index (χ1v) is 11.5. The van der Waals surface area contributed by atoms with E-state index in [1.807, 2.05) is 38.2 Å². The van der Waals surface area contributed by atoms with Gasteiger partial charge in [0.1, 0.15) is 11.8 Å². The van der Waals surface area contributed by atoms with Gasteiger partial charge in [0.2, 0.25) is 0 Å². The van der Waals surface area contributed by atoms with Gasteiger partial charge in [-0.1, -0.05) is 24.3 Å². The number of aliphatic imine (C=N–C) groups is 1. The summed E-state index contributed by atoms with van der Waals surface area (Å²) in [7, 11) is 0. The molecule has 31 heavy (non-hydrogen) atoms. The van der Waals surface area contributed by atoms with Crippen molar-refractivity contribution in [2.75, 3.05) is 13.2 Å². The van der Waals surface area contributed by atoms with Crippen molar-refractivity contribution >= 4 is 23.4 Å². The molecule has 0 aromatic heterocycles. The van der Waals surface area contributed by atoms with Crippen LogP contribution in [-0.2, 0) is 12.2 Å². The Morgan fingerprint density at radius 3 is 2.97 bits per heavy atom. The van der Waals surface area contributed by atoms with Crippen LogP contribution >= 0.6 is 11.8 Å². The zero-order valence-corrected chi connectivity index (χ0v) is 18.9. The topological polar surface area (TPSA) is 77.6 Å². The van der Waals surface area contributed by atoms with Crippen molar-refractivity contribution in [2.45, 2.75) is 44.6 Å². The van der Waals surface area contributed by atoms with Gasteiger partial charge in [0.25, 0.3) is 0 Å². The highest BCUT2D eigenvalue weighted by molar-refractivity contribution is 8.07. The van der Waals surface area contributed by atoms with Crippen LogP contribution in [0.25, 0.3) is 4.91 Å². The number of aliphatic hydroxyl groups is 1. The molecule has 5 nitrogen and oxygen atoms in total. The van der Waals surface area contributed by atoms with Crippen LogP contribution in [0, 0.1) is 11.3 Å². The molecule has 2 N–H and O–H groups in total. The van der Waals surface area contributed by atoms with Gasteiger partial charge >= 0.3 is 0 Å². The SMILES string of the molecule is C=N/C=C(\SCc1ccc(OC(C)C)c(C#N)c1)c1cccc2c1CCC2NCCO. The van der Waals surface area contributed by atoms with Crippen LogP contribution in [-0.4, -0.2) is 31.1 Å². The average Bonchev–Trinajstić information content (AvgIpc) is 3.18. The van der Waals surface area contributed by atoms with Crippen LogP contribution in [0.4, 0.5) is 0 Å². The molecular formula is C25H29N3O2S. The molecule has 3 rings (SSSR count). The molecule has 0 saturated heterocycles. The summed E-state index contributed by atoms with van der Waals surface area (Å²) in [5, 5.41) is 22.1. The minimum absolute atomic E-state index is 0.0244. The number of benzene rings is 2. The number of aliphatic hydroxyl groups excluding tert-OH is 1. The lowest BCUT2D eigenvalue weighted by molar-refractivity contribution is 0.241. The van der Waals surface area contributed by atoms with Crippen LogP contribution < -0.4 is 10.1 Å². The maximum absolute atomic E-state index is 9.49. The predicted octanol–water partition coefficient (Wildman–Crippen LogP) is 4.85. The minimum Gasteiger partial charge on any atom is -0.490 e. The molecule has 2 aromatic rings. The smallest absolute Gasteiger partial charge is 0.137 e. The van der Waals surface area contributed by atoms with Crippen LogP contribution in [0.5, 0.6) is 5.75 Å². The number of ether oxygens (including phenoxy) is 1. The van der Waals surface area contributed by atoms with Gasteiger partial charge in [-0.2, -0.15) is 5.26 Å². The number of nitriles is 1. The molecular weight excluding hydrogens is 406 g/mol. The molecule has 2 aromatic carbocycles. The van der Waals surface area contributed by atoms with Crippen LogP contribution in [0.15, 0.2) is 47.6 Å². The highest BCUT2D eigenvalue weighted by atomic mass is 32.2. The number of thioether (sulfide) groups is 1. The molecule has 0 saturated carbocycles. The van der Waals surface area contributed by atoms with Crippen molar-refractivity contribution in [1.82, 2.24) is 5.32 Å². The molecule has 0 radical (unpaired) electrons. The third-order valence-corrected chi connectivity index (χ3v) is 6.28. The Kier molecular flexibility index (Phi) is 8.30. The van der Waals surface area contributed by atoms with Gasteiger partial charge in [0.05, 0.1) is 18.3 Å². The van der Waals surface area contributed by atoms with E-state index in [-0.39, 0.29) is 18.8 Å². The summed E-state index contributed by atoms with van der Waals surface area (Å²) >= 11 is 1.69. The summed E-state index contributed by atoms with van der Waals surface area (Å²) in [6, 6.07) is 14.7. The first-order chi connectivity index (χ1) is 15.1. The van der Waals surface area contributed by atoms with E-state index in [2.05, 4.69) is 41.3 Å². The van der Waals surface area contributed by atoms with Gasteiger partial charge < -0.3 is 15.2 Å². The first kappa shape index (κ1) is 23.1. The third-order valence-electron chi connectivity index (χ3n) is 5.17. The Bertz CT molecular complexity index is 995. The molecule has 6 heteroatoms. The molecule has 162 valence electrons. The van der Waals surface area contributed by atoms with Gasteiger partial charge in [-0.3, -0.25) is 4.99 Å². The van der Waals surface area contributed by atoms with E-state index in [9.17, 15) is 5.26 Å². The Morgan fingerprint density at radius 1 is 1.42 bits per heavy atom. The van der Waals surface area contributed by atoms with E-state index in [4.69, 9.17) is 9.84 Å². The normalized spacial score (nSPS) is 15.6. The molecule has 1 atom stereocenters. The maximum atomic E-state index is 9.49. The Morgan fingerprint density at radius 2 is 2.26 bits per heavy atom. The third kappa shape index (κ3) is 5.76. The van der Waals surface area contributed by atoms with Crippen LogP contribution in [0.3, 0.4) is 0 Å². The van der Waals surface area contributed by atoms with Crippen LogP contribution in [0.1, 0.15) is 54.1 Å². The molecule has 1 aliphatic rings. The van der Waals surface area contributed by atoms with Crippen molar-refractivity contribution < 1.29 is 9.84 Å². The molecule has 1 unspecified atom stereocenters. The quantitative estimate of drug-likeness (QED) is 0.522. The standard InChI is InChI=1S/C25H29N3O2S/c1-17(2)30-24-10-7-18(13-19(24)14-26)16-31-25(15-27-3)22-6-4-5-21-20(22)8-9-23(21)28-11-12-29/h4-7,10,13,15,17,23,28-29H,3,8-9,11-12,16H2,1-2H3/b25-15-. The predicted molar refractivity (Wildman–Crippen MR) is 128 cm³/mol. The fourth-order valence-corrected chi connectivity index (χ4v) is 4.87. The van der Waals surface area contributed by atoms with E-state index < -0.39 is 0 Å². The number of rotatable bonds is 10. The fraction of sp³-hybridized carbons (Fsp3) is 0.360. The summed E-state index contributed by atoms with van der Waals surface area (Å²) in [6.07, 6.45) is 3.85. The summed E-state index contributed by atoms with van der Waals surface area (Å²) in [4.78, 5) is 5.11. The van der Waals surface area contributed by atoms with Gasteiger partial charge in [-0.05, 0) is 67.8 Å². The Hall–Kier alpha value is -2.59. The van der Waals surface area contributed by atoms with Gasteiger partial charge in [0.15, 0.2) is 0 Å². The first-order valence-electron chi connectivity index (χ1n) is 10.5. The largest absolute Gasteiger partial charge is 0.490 e. The fourth-order valence-electron chi connectivity index (χ4n) is 3.88. The van der Waals surface area contributed by atoms with E-state index in [1.54, 1.807) is 11.8 Å². The lowest BCUT2D eigenvalue weighted by atomic mass is 10.0. The molecule has 1 aliphatic carbocycles. The van der Waals surface area contributed by atoms with E-state index in [0.29, 0.717) is 23.6 Å².